The summed E-state index contributed by atoms with van der Waals surface area (Å²) in [4.78, 5) is 18.0. The average Bonchev–Trinajstić information content (AvgIpc) is 2.49. The van der Waals surface area contributed by atoms with Crippen molar-refractivity contribution < 1.29 is 9.63 Å². The van der Waals surface area contributed by atoms with Crippen molar-refractivity contribution in [1.29, 1.82) is 0 Å². The van der Waals surface area contributed by atoms with Crippen molar-refractivity contribution in [3.05, 3.63) is 0 Å². The number of nitrogens with zero attached hydrogens (tertiary/aromatic N) is 1. The lowest BCUT2D eigenvalue weighted by atomic mass is 9.82. The van der Waals surface area contributed by atoms with E-state index in [1.54, 1.807) is 0 Å². The Morgan fingerprint density at radius 3 is 1.79 bits per heavy atom. The molecule has 0 atom stereocenters. The number of hydrogen-bond acceptors (Lipinski definition) is 3. The highest BCUT2D eigenvalue weighted by molar-refractivity contribution is 5.69. The molecule has 3 heteroatoms. The Hall–Kier alpha value is -0.570. The lowest BCUT2D eigenvalue weighted by Crippen LogP contribution is -2.58. The zero-order valence-corrected chi connectivity index (χ0v) is 17.0. The molecule has 3 nitrogen and oxygen atoms in total. The van der Waals surface area contributed by atoms with Gasteiger partial charge in [-0.05, 0) is 53.4 Å². The quantitative estimate of drug-likeness (QED) is 0.407. The van der Waals surface area contributed by atoms with Gasteiger partial charge in [-0.25, -0.2) is 0 Å². The number of piperidine rings is 1. The summed E-state index contributed by atoms with van der Waals surface area (Å²) in [5, 5.41) is 1.97. The molecule has 1 aliphatic heterocycles. The van der Waals surface area contributed by atoms with Gasteiger partial charge >= 0.3 is 5.97 Å². The van der Waals surface area contributed by atoms with Crippen LogP contribution in [0.1, 0.15) is 118 Å². The first kappa shape index (κ1) is 21.5. The molecule has 1 aliphatic rings. The van der Waals surface area contributed by atoms with Gasteiger partial charge in [0.15, 0.2) is 0 Å². The van der Waals surface area contributed by atoms with Crippen molar-refractivity contribution in [2.24, 2.45) is 0 Å². The molecule has 24 heavy (non-hydrogen) atoms. The molecule has 0 saturated carbocycles. The smallest absolute Gasteiger partial charge is 0.325 e. The van der Waals surface area contributed by atoms with E-state index >= 15 is 0 Å². The highest BCUT2D eigenvalue weighted by Crippen LogP contribution is 2.38. The lowest BCUT2D eigenvalue weighted by Gasteiger charge is -2.50. The first-order chi connectivity index (χ1) is 11.3. The molecule has 0 aliphatic carbocycles. The first-order valence-corrected chi connectivity index (χ1v) is 10.3. The van der Waals surface area contributed by atoms with Gasteiger partial charge in [-0.2, -0.15) is 0 Å². The number of hydroxylamine groups is 2. The van der Waals surface area contributed by atoms with Crippen LogP contribution in [0.4, 0.5) is 0 Å². The number of rotatable bonds is 11. The van der Waals surface area contributed by atoms with Crippen LogP contribution in [0.5, 0.6) is 0 Å². The van der Waals surface area contributed by atoms with Gasteiger partial charge in [-0.15, -0.1) is 5.06 Å². The third-order valence-corrected chi connectivity index (χ3v) is 5.35. The monoisotopic (exact) mass is 339 g/mol. The molecule has 0 amide bonds. The maximum atomic E-state index is 12.2. The predicted octanol–water partition coefficient (Wildman–Crippen LogP) is 6.41. The van der Waals surface area contributed by atoms with E-state index in [4.69, 9.17) is 4.84 Å². The molecule has 0 aromatic rings. The van der Waals surface area contributed by atoms with Crippen LogP contribution in [-0.2, 0) is 9.63 Å². The van der Waals surface area contributed by atoms with E-state index in [2.05, 4.69) is 34.6 Å². The van der Waals surface area contributed by atoms with Crippen molar-refractivity contribution in [3.8, 4) is 0 Å². The van der Waals surface area contributed by atoms with Crippen molar-refractivity contribution in [2.45, 2.75) is 129 Å². The Bertz CT molecular complexity index is 347. The van der Waals surface area contributed by atoms with Crippen molar-refractivity contribution in [2.75, 3.05) is 0 Å². The normalized spacial score (nSPS) is 20.0. The topological polar surface area (TPSA) is 29.5 Å². The lowest BCUT2D eigenvalue weighted by molar-refractivity contribution is -0.265. The van der Waals surface area contributed by atoms with Crippen LogP contribution in [0.15, 0.2) is 0 Å². The Morgan fingerprint density at radius 1 is 0.833 bits per heavy atom. The Morgan fingerprint density at radius 2 is 1.29 bits per heavy atom. The SMILES string of the molecule is CCCCCCCCCCCC(=O)ON1C(C)(C)CCCC1(C)C. The fourth-order valence-electron chi connectivity index (χ4n) is 3.95. The van der Waals surface area contributed by atoms with Gasteiger partial charge < -0.3 is 4.84 Å². The average molecular weight is 340 g/mol. The van der Waals surface area contributed by atoms with Crippen LogP contribution in [-0.4, -0.2) is 22.1 Å². The summed E-state index contributed by atoms with van der Waals surface area (Å²) < 4.78 is 0. The minimum absolute atomic E-state index is 0.0546. The van der Waals surface area contributed by atoms with Crippen LogP contribution in [0.25, 0.3) is 0 Å². The summed E-state index contributed by atoms with van der Waals surface area (Å²) in [5.74, 6) is -0.0546. The second-order valence-electron chi connectivity index (χ2n) is 8.81. The molecule has 1 heterocycles. The van der Waals surface area contributed by atoms with E-state index in [0.29, 0.717) is 6.42 Å². The van der Waals surface area contributed by atoms with Crippen LogP contribution in [0, 0.1) is 0 Å². The third-order valence-electron chi connectivity index (χ3n) is 5.35. The van der Waals surface area contributed by atoms with Crippen molar-refractivity contribution in [3.63, 3.8) is 0 Å². The Kier molecular flexibility index (Phi) is 9.33. The van der Waals surface area contributed by atoms with Gasteiger partial charge in [0.05, 0.1) is 11.1 Å². The van der Waals surface area contributed by atoms with Gasteiger partial charge in [0.2, 0.25) is 0 Å². The molecular weight excluding hydrogens is 298 g/mol. The van der Waals surface area contributed by atoms with E-state index in [1.165, 1.54) is 51.4 Å². The Labute approximate surface area is 150 Å². The fourth-order valence-corrected chi connectivity index (χ4v) is 3.95. The second kappa shape index (κ2) is 10.4. The molecule has 0 spiro atoms. The van der Waals surface area contributed by atoms with E-state index in [1.807, 2.05) is 5.06 Å². The number of carbonyl (C=O) groups excluding carboxylic acids is 1. The van der Waals surface area contributed by atoms with E-state index in [0.717, 1.165) is 25.7 Å². The third kappa shape index (κ3) is 7.55. The van der Waals surface area contributed by atoms with Crippen molar-refractivity contribution in [1.82, 2.24) is 5.06 Å². The molecule has 142 valence electrons. The molecule has 1 rings (SSSR count). The highest BCUT2D eigenvalue weighted by Gasteiger charge is 2.44. The predicted molar refractivity (Wildman–Crippen MR) is 102 cm³/mol. The minimum Gasteiger partial charge on any atom is -0.367 e. The maximum absolute atomic E-state index is 12.2. The van der Waals surface area contributed by atoms with Crippen molar-refractivity contribution >= 4 is 5.97 Å². The zero-order valence-electron chi connectivity index (χ0n) is 17.0. The zero-order chi connectivity index (χ0) is 18.1. The summed E-state index contributed by atoms with van der Waals surface area (Å²) >= 11 is 0. The summed E-state index contributed by atoms with van der Waals surface area (Å²) in [5.41, 5.74) is -0.119. The van der Waals surface area contributed by atoms with E-state index < -0.39 is 0 Å². The van der Waals surface area contributed by atoms with Gasteiger partial charge in [-0.3, -0.25) is 4.79 Å². The molecule has 0 unspecified atom stereocenters. The molecule has 0 N–H and O–H groups in total. The van der Waals surface area contributed by atoms with Gasteiger partial charge in [0.1, 0.15) is 0 Å². The molecule has 0 radical (unpaired) electrons. The molecule has 0 aromatic carbocycles. The molecule has 0 bridgehead atoms. The molecular formula is C21H41NO2. The standard InChI is InChI=1S/C21H41NO2/c1-6-7-8-9-10-11-12-13-14-16-19(23)24-22-20(2,3)17-15-18-21(22,4)5/h6-18H2,1-5H3. The molecule has 1 fully saturated rings. The number of carbonyl (C=O) groups is 1. The summed E-state index contributed by atoms with van der Waals surface area (Å²) in [6, 6.07) is 0. The minimum atomic E-state index is -0.0596. The number of unbranched alkanes of at least 4 members (excludes halogenated alkanes) is 8. The van der Waals surface area contributed by atoms with Crippen LogP contribution in [0.2, 0.25) is 0 Å². The van der Waals surface area contributed by atoms with Crippen LogP contribution >= 0.6 is 0 Å². The largest absolute Gasteiger partial charge is 0.367 e. The summed E-state index contributed by atoms with van der Waals surface area (Å²) in [6.45, 7) is 11.0. The molecule has 0 aromatic heterocycles. The van der Waals surface area contributed by atoms with Crippen LogP contribution in [0.3, 0.4) is 0 Å². The first-order valence-electron chi connectivity index (χ1n) is 10.3. The van der Waals surface area contributed by atoms with Gasteiger partial charge in [0.25, 0.3) is 0 Å². The Balaban J connectivity index is 2.17. The number of hydrogen-bond donors (Lipinski definition) is 0. The maximum Gasteiger partial charge on any atom is 0.325 e. The fraction of sp³-hybridized carbons (Fsp3) is 0.952. The van der Waals surface area contributed by atoms with E-state index in [9.17, 15) is 4.79 Å². The van der Waals surface area contributed by atoms with E-state index in [-0.39, 0.29) is 17.0 Å². The molecule has 1 saturated heterocycles. The summed E-state index contributed by atoms with van der Waals surface area (Å²) in [6.07, 6.45) is 15.4. The van der Waals surface area contributed by atoms with Crippen LogP contribution < -0.4 is 0 Å². The second-order valence-corrected chi connectivity index (χ2v) is 8.81. The highest BCUT2D eigenvalue weighted by atomic mass is 16.7. The summed E-state index contributed by atoms with van der Waals surface area (Å²) in [7, 11) is 0. The van der Waals surface area contributed by atoms with Gasteiger partial charge in [-0.1, -0.05) is 58.3 Å². The van der Waals surface area contributed by atoms with Gasteiger partial charge in [0, 0.05) is 6.42 Å².